The van der Waals surface area contributed by atoms with Crippen LogP contribution < -0.4 is 0 Å². The van der Waals surface area contributed by atoms with Crippen molar-refractivity contribution < 1.29 is 4.74 Å². The van der Waals surface area contributed by atoms with Crippen LogP contribution >= 0.6 is 0 Å². The van der Waals surface area contributed by atoms with Crippen LogP contribution in [-0.4, -0.2) is 36.7 Å². The minimum absolute atomic E-state index is 0.156. The highest BCUT2D eigenvalue weighted by atomic mass is 16.5. The molecule has 0 N–H and O–H groups in total. The predicted octanol–water partition coefficient (Wildman–Crippen LogP) is 4.25. The molecule has 0 amide bonds. The third-order valence-electron chi connectivity index (χ3n) is 7.03. The van der Waals surface area contributed by atoms with E-state index in [1.807, 2.05) is 0 Å². The summed E-state index contributed by atoms with van der Waals surface area (Å²) in [5.41, 5.74) is 3.47. The molecule has 3 fully saturated rings. The maximum atomic E-state index is 5.69. The van der Waals surface area contributed by atoms with E-state index >= 15 is 0 Å². The molecule has 2 saturated carbocycles. The van der Waals surface area contributed by atoms with E-state index in [2.05, 4.69) is 65.6 Å². The molecule has 0 spiro atoms. The van der Waals surface area contributed by atoms with E-state index in [-0.39, 0.29) is 11.0 Å². The molecule has 2 heteroatoms. The predicted molar refractivity (Wildman–Crippen MR) is 101 cm³/mol. The number of ether oxygens (including phenoxy) is 1. The van der Waals surface area contributed by atoms with E-state index in [1.165, 1.54) is 36.8 Å². The van der Waals surface area contributed by atoms with Gasteiger partial charge >= 0.3 is 0 Å². The van der Waals surface area contributed by atoms with E-state index in [4.69, 9.17) is 4.74 Å². The number of hydrogen-bond acceptors (Lipinski definition) is 2. The van der Waals surface area contributed by atoms with Gasteiger partial charge in [-0.25, -0.2) is 0 Å². The molecule has 3 aliphatic rings. The second-order valence-electron chi connectivity index (χ2n) is 7.86. The lowest BCUT2D eigenvalue weighted by molar-refractivity contribution is -0.00507. The van der Waals surface area contributed by atoms with E-state index in [0.29, 0.717) is 0 Å². The molecule has 0 bridgehead atoms. The normalized spacial score (nSPS) is 31.3. The summed E-state index contributed by atoms with van der Waals surface area (Å²) in [7, 11) is 0. The second-order valence-corrected chi connectivity index (χ2v) is 7.86. The van der Waals surface area contributed by atoms with Crippen LogP contribution in [0, 0.1) is 5.92 Å². The first-order valence-corrected chi connectivity index (χ1v) is 9.84. The van der Waals surface area contributed by atoms with Gasteiger partial charge < -0.3 is 4.74 Å². The third kappa shape index (κ3) is 2.04. The molecule has 0 unspecified atom stereocenters. The molecule has 1 saturated heterocycles. The Hall–Kier alpha value is -1.64. The zero-order valence-corrected chi connectivity index (χ0v) is 14.9. The SMILES string of the molecule is c1ccc(C2(c3ccccc3)[C@@H]3CCCC[C@@]32N2CCOCC2)cc1. The van der Waals surface area contributed by atoms with Crippen molar-refractivity contribution in [1.82, 2.24) is 4.90 Å². The number of hydrogen-bond donors (Lipinski definition) is 0. The van der Waals surface area contributed by atoms with Gasteiger partial charge in [-0.05, 0) is 29.9 Å². The number of fused-ring (bicyclic) bond motifs is 1. The van der Waals surface area contributed by atoms with Crippen LogP contribution in [0.2, 0.25) is 0 Å². The monoisotopic (exact) mass is 333 g/mol. The lowest BCUT2D eigenvalue weighted by atomic mass is 9.81. The van der Waals surface area contributed by atoms with Crippen molar-refractivity contribution in [1.29, 1.82) is 0 Å². The van der Waals surface area contributed by atoms with Gasteiger partial charge in [0.15, 0.2) is 0 Å². The summed E-state index contributed by atoms with van der Waals surface area (Å²) in [5, 5.41) is 0. The first-order chi connectivity index (χ1) is 12.4. The second kappa shape index (κ2) is 5.96. The highest BCUT2D eigenvalue weighted by Gasteiger charge is 2.79. The molecular weight excluding hydrogens is 306 g/mol. The molecule has 2 aliphatic carbocycles. The van der Waals surface area contributed by atoms with Crippen LogP contribution in [0.25, 0.3) is 0 Å². The Morgan fingerprint density at radius 3 is 2.00 bits per heavy atom. The molecule has 0 aromatic heterocycles. The average molecular weight is 333 g/mol. The highest BCUT2D eigenvalue weighted by Crippen LogP contribution is 2.74. The molecule has 2 aromatic rings. The first kappa shape index (κ1) is 15.6. The van der Waals surface area contributed by atoms with Gasteiger partial charge in [-0.15, -0.1) is 0 Å². The van der Waals surface area contributed by atoms with E-state index in [1.54, 1.807) is 0 Å². The summed E-state index contributed by atoms with van der Waals surface area (Å²) < 4.78 is 5.69. The number of morpholine rings is 1. The summed E-state index contributed by atoms with van der Waals surface area (Å²) in [4.78, 5) is 2.79. The molecule has 0 radical (unpaired) electrons. The van der Waals surface area contributed by atoms with Gasteiger partial charge in [-0.3, -0.25) is 4.90 Å². The van der Waals surface area contributed by atoms with Crippen LogP contribution in [0.3, 0.4) is 0 Å². The summed E-state index contributed by atoms with van der Waals surface area (Å²) in [6.07, 6.45) is 5.40. The Labute approximate surface area is 150 Å². The van der Waals surface area contributed by atoms with Crippen LogP contribution in [0.1, 0.15) is 36.8 Å². The number of nitrogens with zero attached hydrogens (tertiary/aromatic N) is 1. The fraction of sp³-hybridized carbons (Fsp3) is 0.478. The molecule has 2 atom stereocenters. The topological polar surface area (TPSA) is 12.5 Å². The number of benzene rings is 2. The van der Waals surface area contributed by atoms with E-state index in [9.17, 15) is 0 Å². The van der Waals surface area contributed by atoms with E-state index in [0.717, 1.165) is 32.2 Å². The highest BCUT2D eigenvalue weighted by molar-refractivity contribution is 5.57. The van der Waals surface area contributed by atoms with Crippen molar-refractivity contribution in [2.24, 2.45) is 5.92 Å². The van der Waals surface area contributed by atoms with Crippen molar-refractivity contribution in [3.63, 3.8) is 0 Å². The van der Waals surface area contributed by atoms with Gasteiger partial charge in [0.2, 0.25) is 0 Å². The van der Waals surface area contributed by atoms with Crippen LogP contribution in [0.15, 0.2) is 60.7 Å². The Morgan fingerprint density at radius 2 is 1.40 bits per heavy atom. The summed E-state index contributed by atoms with van der Waals surface area (Å²) >= 11 is 0. The van der Waals surface area contributed by atoms with Crippen LogP contribution in [-0.2, 0) is 10.2 Å². The van der Waals surface area contributed by atoms with Gasteiger partial charge in [0.05, 0.1) is 13.2 Å². The Balaban J connectivity index is 1.70. The molecule has 5 rings (SSSR count). The van der Waals surface area contributed by atoms with Crippen molar-refractivity contribution in [2.75, 3.05) is 26.3 Å². The molecule has 2 nitrogen and oxygen atoms in total. The van der Waals surface area contributed by atoms with Gasteiger partial charge in [0.25, 0.3) is 0 Å². The van der Waals surface area contributed by atoms with Crippen molar-refractivity contribution >= 4 is 0 Å². The fourth-order valence-corrected chi connectivity index (χ4v) is 6.23. The maximum Gasteiger partial charge on any atom is 0.0594 e. The third-order valence-corrected chi connectivity index (χ3v) is 7.03. The summed E-state index contributed by atoms with van der Waals surface area (Å²) in [6, 6.07) is 22.6. The largest absolute Gasteiger partial charge is 0.379 e. The first-order valence-electron chi connectivity index (χ1n) is 9.84. The van der Waals surface area contributed by atoms with Gasteiger partial charge in [-0.1, -0.05) is 73.5 Å². The van der Waals surface area contributed by atoms with Crippen molar-refractivity contribution in [2.45, 2.75) is 36.6 Å². The zero-order valence-electron chi connectivity index (χ0n) is 14.9. The minimum atomic E-state index is 0.156. The Kier molecular flexibility index (Phi) is 3.72. The smallest absolute Gasteiger partial charge is 0.0594 e. The van der Waals surface area contributed by atoms with Gasteiger partial charge in [-0.2, -0.15) is 0 Å². The molecule has 130 valence electrons. The lowest BCUT2D eigenvalue weighted by Crippen LogP contribution is -2.50. The fourth-order valence-electron chi connectivity index (χ4n) is 6.23. The Morgan fingerprint density at radius 1 is 0.800 bits per heavy atom. The average Bonchev–Trinajstić information content (AvgIpc) is 3.36. The van der Waals surface area contributed by atoms with Crippen LogP contribution in [0.5, 0.6) is 0 Å². The standard InChI is InChI=1S/C23H27NO/c1-3-9-19(10-4-1)23(20-11-5-2-6-12-20)21-13-7-8-14-22(21,23)24-15-17-25-18-16-24/h1-6,9-12,21H,7-8,13-18H2/t21-,22-/m1/s1. The van der Waals surface area contributed by atoms with Crippen molar-refractivity contribution in [3.8, 4) is 0 Å². The molecular formula is C23H27NO. The molecule has 1 heterocycles. The van der Waals surface area contributed by atoms with Gasteiger partial charge in [0.1, 0.15) is 0 Å². The quantitative estimate of drug-likeness (QED) is 0.833. The summed E-state index contributed by atoms with van der Waals surface area (Å²) in [6.45, 7) is 3.93. The molecule has 1 aliphatic heterocycles. The Bertz CT molecular complexity index is 683. The van der Waals surface area contributed by atoms with Gasteiger partial charge in [0, 0.05) is 24.0 Å². The lowest BCUT2D eigenvalue weighted by Gasteiger charge is -2.40. The van der Waals surface area contributed by atoms with E-state index < -0.39 is 0 Å². The zero-order chi connectivity index (χ0) is 16.7. The summed E-state index contributed by atoms with van der Waals surface area (Å²) in [5.74, 6) is 0.733. The molecule has 2 aromatic carbocycles. The number of rotatable bonds is 3. The molecule has 25 heavy (non-hydrogen) atoms. The van der Waals surface area contributed by atoms with Crippen molar-refractivity contribution in [3.05, 3.63) is 71.8 Å². The minimum Gasteiger partial charge on any atom is -0.379 e. The van der Waals surface area contributed by atoms with Crippen LogP contribution in [0.4, 0.5) is 0 Å². The maximum absolute atomic E-state index is 5.69.